The molecule has 0 amide bonds. The van der Waals surface area contributed by atoms with Gasteiger partial charge in [-0.15, -0.1) is 0 Å². The Kier molecular flexibility index (Phi) is 7.24. The van der Waals surface area contributed by atoms with Crippen LogP contribution in [0.15, 0.2) is 76.8 Å². The molecule has 1 aromatic heterocycles. The fourth-order valence-corrected chi connectivity index (χ4v) is 10.0. The van der Waals surface area contributed by atoms with E-state index in [1.54, 1.807) is 53.2 Å². The molecule has 3 aliphatic heterocycles. The van der Waals surface area contributed by atoms with E-state index in [1.807, 2.05) is 12.1 Å². The van der Waals surface area contributed by atoms with Crippen LogP contribution in [0.3, 0.4) is 0 Å². The number of anilines is 1. The minimum Gasteiger partial charge on any atom is -0.371 e. The van der Waals surface area contributed by atoms with Gasteiger partial charge in [0.1, 0.15) is 5.03 Å². The molecule has 7 heteroatoms. The van der Waals surface area contributed by atoms with E-state index >= 15 is 0 Å². The summed E-state index contributed by atoms with van der Waals surface area (Å²) in [5, 5.41) is 4.49. The Hall–Kier alpha value is -2.61. The van der Waals surface area contributed by atoms with Crippen molar-refractivity contribution in [3.8, 4) is 0 Å². The first-order valence-corrected chi connectivity index (χ1v) is 17.2. The van der Waals surface area contributed by atoms with Gasteiger partial charge in [0, 0.05) is 56.6 Å². The molecule has 1 aliphatic carbocycles. The number of rotatable bonds is 7. The third-order valence-corrected chi connectivity index (χ3v) is 12.5. The first-order valence-electron chi connectivity index (χ1n) is 15.7. The number of hydrogen-bond acceptors (Lipinski definition) is 5. The van der Waals surface area contributed by atoms with Gasteiger partial charge in [0.2, 0.25) is 9.84 Å². The number of fused-ring (bicyclic) bond motifs is 1. The zero-order chi connectivity index (χ0) is 28.0. The molecular weight excluding hydrogens is 528 g/mol. The highest BCUT2D eigenvalue weighted by Gasteiger charge is 2.50. The summed E-state index contributed by atoms with van der Waals surface area (Å²) in [5.74, 6) is 2.16. The largest absolute Gasteiger partial charge is 0.371 e. The van der Waals surface area contributed by atoms with E-state index in [-0.39, 0.29) is 5.54 Å². The predicted molar refractivity (Wildman–Crippen MR) is 164 cm³/mol. The van der Waals surface area contributed by atoms with Crippen LogP contribution in [-0.2, 0) is 28.8 Å². The van der Waals surface area contributed by atoms with E-state index in [2.05, 4.69) is 39.4 Å². The van der Waals surface area contributed by atoms with Crippen LogP contribution in [0.2, 0.25) is 0 Å². The Bertz CT molecular complexity index is 1460. The van der Waals surface area contributed by atoms with Crippen LogP contribution >= 0.6 is 0 Å². The maximum Gasteiger partial charge on any atom is 0.222 e. The first-order chi connectivity index (χ1) is 19.9. The number of benzene rings is 2. The maximum atomic E-state index is 13.0. The van der Waals surface area contributed by atoms with Gasteiger partial charge in [-0.05, 0) is 105 Å². The molecule has 1 unspecified atom stereocenters. The fourth-order valence-electron chi connectivity index (χ4n) is 8.60. The van der Waals surface area contributed by atoms with Crippen molar-refractivity contribution in [2.75, 3.05) is 44.2 Å². The van der Waals surface area contributed by atoms with Crippen LogP contribution in [0.1, 0.15) is 49.7 Å². The number of sulfone groups is 1. The van der Waals surface area contributed by atoms with E-state index < -0.39 is 9.84 Å². The van der Waals surface area contributed by atoms with Crippen LogP contribution in [-0.4, -0.2) is 57.2 Å². The quantitative estimate of drug-likeness (QED) is 0.420. The third kappa shape index (κ3) is 4.84. The molecule has 7 rings (SSSR count). The highest BCUT2D eigenvalue weighted by atomic mass is 32.2. The van der Waals surface area contributed by atoms with Gasteiger partial charge in [-0.25, -0.2) is 8.42 Å². The van der Waals surface area contributed by atoms with E-state index in [1.165, 1.54) is 58.2 Å². The highest BCUT2D eigenvalue weighted by molar-refractivity contribution is 7.91. The summed E-state index contributed by atoms with van der Waals surface area (Å²) < 4.78 is 27.6. The number of nitrogens with one attached hydrogen (secondary N) is 1. The minimum atomic E-state index is -3.49. The summed E-state index contributed by atoms with van der Waals surface area (Å²) in [5.41, 5.74) is 4.49. The summed E-state index contributed by atoms with van der Waals surface area (Å²) in [4.78, 5) is 5.45. The van der Waals surface area contributed by atoms with Crippen molar-refractivity contribution in [1.82, 2.24) is 14.8 Å². The zero-order valence-electron chi connectivity index (χ0n) is 24.3. The number of aryl methyl sites for hydroxylation is 1. The number of likely N-dealkylation sites (tertiary alicyclic amines) is 1. The average molecular weight is 573 g/mol. The number of piperidine rings is 1. The second kappa shape index (κ2) is 10.9. The van der Waals surface area contributed by atoms with E-state index in [0.29, 0.717) is 21.8 Å². The fraction of sp³-hybridized carbons (Fsp3) is 0.529. The van der Waals surface area contributed by atoms with Gasteiger partial charge in [-0.2, -0.15) is 0 Å². The van der Waals surface area contributed by atoms with Crippen LogP contribution in [0.25, 0.3) is 0 Å². The van der Waals surface area contributed by atoms with E-state index in [0.717, 1.165) is 37.7 Å². The molecule has 3 fully saturated rings. The average Bonchev–Trinajstić information content (AvgIpc) is 3.68. The molecule has 2 aromatic carbocycles. The van der Waals surface area contributed by atoms with Crippen molar-refractivity contribution in [1.29, 1.82) is 0 Å². The molecule has 218 valence electrons. The van der Waals surface area contributed by atoms with Gasteiger partial charge in [-0.1, -0.05) is 37.1 Å². The molecule has 6 nitrogen and oxygen atoms in total. The summed E-state index contributed by atoms with van der Waals surface area (Å²) >= 11 is 0. The van der Waals surface area contributed by atoms with Crippen molar-refractivity contribution >= 4 is 15.5 Å². The molecule has 3 aromatic rings. The van der Waals surface area contributed by atoms with Gasteiger partial charge in [0.05, 0.1) is 4.90 Å². The summed E-state index contributed by atoms with van der Waals surface area (Å²) in [6.45, 7) is 6.78. The molecule has 0 bridgehead atoms. The standard InChI is InChI=1S/C34H44N4O2S/c1-36-20-6-11-33(36)41(39,40)31-14-12-30(13-15-31)38-24-26(25-38)23-37-21-17-29(18-22-37)34(28-8-3-4-9-28)32-10-5-2-7-27(32)16-19-35-34/h2,5-7,10-15,20,26,28-29,35H,3-4,8-9,16-19,21-25H2,1H3. The minimum absolute atomic E-state index is 0.171. The molecule has 4 heterocycles. The van der Waals surface area contributed by atoms with Gasteiger partial charge < -0.3 is 19.7 Å². The Balaban J connectivity index is 0.956. The van der Waals surface area contributed by atoms with Crippen molar-refractivity contribution < 1.29 is 8.42 Å². The topological polar surface area (TPSA) is 57.6 Å². The Labute approximate surface area is 245 Å². The third-order valence-electron chi connectivity index (χ3n) is 10.7. The lowest BCUT2D eigenvalue weighted by molar-refractivity contribution is 0.0492. The lowest BCUT2D eigenvalue weighted by Gasteiger charge is -2.53. The monoisotopic (exact) mass is 572 g/mol. The lowest BCUT2D eigenvalue weighted by atomic mass is 9.63. The van der Waals surface area contributed by atoms with Gasteiger partial charge in [0.25, 0.3) is 0 Å². The Morgan fingerprint density at radius 2 is 1.59 bits per heavy atom. The van der Waals surface area contributed by atoms with Crippen molar-refractivity contribution in [3.63, 3.8) is 0 Å². The lowest BCUT2D eigenvalue weighted by Crippen LogP contribution is -2.59. The summed E-state index contributed by atoms with van der Waals surface area (Å²) in [7, 11) is -1.73. The Morgan fingerprint density at radius 1 is 0.878 bits per heavy atom. The van der Waals surface area contributed by atoms with Crippen molar-refractivity contribution in [3.05, 3.63) is 78.0 Å². The SMILES string of the molecule is Cn1cccc1S(=O)(=O)c1ccc(N2CC(CN3CCC(C4(C5CCCC5)NCCc5ccccc54)CC3)C2)cc1. The van der Waals surface area contributed by atoms with Crippen LogP contribution in [0, 0.1) is 17.8 Å². The van der Waals surface area contributed by atoms with Gasteiger partial charge >= 0.3 is 0 Å². The van der Waals surface area contributed by atoms with Crippen LogP contribution in [0.5, 0.6) is 0 Å². The smallest absolute Gasteiger partial charge is 0.222 e. The molecule has 1 saturated carbocycles. The number of hydrogen-bond donors (Lipinski definition) is 1. The van der Waals surface area contributed by atoms with Crippen molar-refractivity contribution in [2.24, 2.45) is 24.8 Å². The molecule has 1 atom stereocenters. The predicted octanol–water partition coefficient (Wildman–Crippen LogP) is 5.24. The van der Waals surface area contributed by atoms with Gasteiger partial charge in [0.15, 0.2) is 0 Å². The molecule has 41 heavy (non-hydrogen) atoms. The second-order valence-corrected chi connectivity index (χ2v) is 14.9. The van der Waals surface area contributed by atoms with Crippen molar-refractivity contribution in [2.45, 2.75) is 60.4 Å². The Morgan fingerprint density at radius 3 is 2.29 bits per heavy atom. The van der Waals surface area contributed by atoms with E-state index in [4.69, 9.17) is 0 Å². The zero-order valence-corrected chi connectivity index (χ0v) is 25.2. The normalized spacial score (nSPS) is 24.9. The highest BCUT2D eigenvalue weighted by Crippen LogP contribution is 2.50. The molecule has 0 spiro atoms. The van der Waals surface area contributed by atoms with E-state index in [9.17, 15) is 8.42 Å². The molecular formula is C34H44N4O2S. The second-order valence-electron chi connectivity index (χ2n) is 13.0. The maximum absolute atomic E-state index is 13.0. The number of nitrogens with zero attached hydrogens (tertiary/aromatic N) is 3. The molecule has 0 radical (unpaired) electrons. The summed E-state index contributed by atoms with van der Waals surface area (Å²) in [6.07, 6.45) is 11.0. The molecule has 2 saturated heterocycles. The van der Waals surface area contributed by atoms with Gasteiger partial charge in [-0.3, -0.25) is 0 Å². The number of aromatic nitrogens is 1. The van der Waals surface area contributed by atoms with Crippen LogP contribution < -0.4 is 10.2 Å². The summed E-state index contributed by atoms with van der Waals surface area (Å²) in [6, 6.07) is 20.2. The molecule has 4 aliphatic rings. The molecule has 1 N–H and O–H groups in total. The first kappa shape index (κ1) is 27.2. The van der Waals surface area contributed by atoms with Crippen LogP contribution in [0.4, 0.5) is 5.69 Å².